The Morgan fingerprint density at radius 3 is 2.39 bits per heavy atom. The van der Waals surface area contributed by atoms with E-state index in [1.807, 2.05) is 24.3 Å². The van der Waals surface area contributed by atoms with Crippen molar-refractivity contribution in [3.05, 3.63) is 93.1 Å². The van der Waals surface area contributed by atoms with Crippen molar-refractivity contribution >= 4 is 33.8 Å². The normalized spacial score (nSPS) is 14.1. The summed E-state index contributed by atoms with van der Waals surface area (Å²) < 4.78 is 17.5. The number of allylic oxidation sites excluding steroid dienone is 1. The number of esters is 1. The van der Waals surface area contributed by atoms with Crippen molar-refractivity contribution in [3.8, 4) is 17.2 Å². The van der Waals surface area contributed by atoms with Crippen molar-refractivity contribution in [2.75, 3.05) is 7.11 Å². The van der Waals surface area contributed by atoms with Gasteiger partial charge in [0, 0.05) is 16.1 Å². The second-order valence-corrected chi connectivity index (χ2v) is 9.62. The number of fused-ring (bicyclic) bond motifs is 1. The Bertz CT molecular complexity index is 1270. The van der Waals surface area contributed by atoms with Crippen LogP contribution < -0.4 is 14.2 Å². The number of rotatable bonds is 4. The van der Waals surface area contributed by atoms with Crippen molar-refractivity contribution in [2.24, 2.45) is 0 Å². The molecule has 0 fully saturated rings. The molecule has 0 atom stereocenters. The molecule has 0 aromatic heterocycles. The number of halogens is 1. The summed E-state index contributed by atoms with van der Waals surface area (Å²) in [6.07, 6.45) is 1.63. The number of Topliss-reactive ketones (excluding diaryl/α,β-unsaturated/α-hetero) is 1. The monoisotopic (exact) mass is 506 g/mol. The van der Waals surface area contributed by atoms with Gasteiger partial charge in [0.1, 0.15) is 17.2 Å². The van der Waals surface area contributed by atoms with Crippen LogP contribution in [0.2, 0.25) is 0 Å². The van der Waals surface area contributed by atoms with Crippen LogP contribution in [0.25, 0.3) is 6.08 Å². The van der Waals surface area contributed by atoms with Gasteiger partial charge >= 0.3 is 5.97 Å². The standard InChI is InChI=1S/C27H23BrO5/c1-27(2,3)18-7-5-16(6-8-18)26(30)32-20-10-11-21-23(15-20)33-24(25(21)29)14-17-13-19(28)9-12-22(17)31-4/h5-15H,1-4H3/b24-14-. The van der Waals surface area contributed by atoms with E-state index in [0.717, 1.165) is 10.0 Å². The van der Waals surface area contributed by atoms with Gasteiger partial charge in [-0.05, 0) is 59.5 Å². The van der Waals surface area contributed by atoms with Gasteiger partial charge in [-0.1, -0.05) is 48.8 Å². The first-order chi connectivity index (χ1) is 15.7. The van der Waals surface area contributed by atoms with Gasteiger partial charge in [0.2, 0.25) is 5.78 Å². The number of benzene rings is 3. The van der Waals surface area contributed by atoms with E-state index < -0.39 is 5.97 Å². The highest BCUT2D eigenvalue weighted by Gasteiger charge is 2.28. The quantitative estimate of drug-likeness (QED) is 0.227. The van der Waals surface area contributed by atoms with Crippen LogP contribution in [0.4, 0.5) is 0 Å². The van der Waals surface area contributed by atoms with E-state index in [4.69, 9.17) is 14.2 Å². The minimum absolute atomic E-state index is 0.00261. The zero-order valence-electron chi connectivity index (χ0n) is 18.8. The van der Waals surface area contributed by atoms with Gasteiger partial charge in [-0.15, -0.1) is 0 Å². The SMILES string of the molecule is COc1ccc(Br)cc1/C=C1\Oc2cc(OC(=O)c3ccc(C(C)(C)C)cc3)ccc2C1=O. The van der Waals surface area contributed by atoms with Gasteiger partial charge in [0.05, 0.1) is 18.2 Å². The predicted octanol–water partition coefficient (Wildman–Crippen LogP) is 6.59. The Morgan fingerprint density at radius 2 is 1.73 bits per heavy atom. The lowest BCUT2D eigenvalue weighted by atomic mass is 9.87. The van der Waals surface area contributed by atoms with Gasteiger partial charge in [0.25, 0.3) is 0 Å². The van der Waals surface area contributed by atoms with Crippen LogP contribution in [0, 0.1) is 0 Å². The molecule has 1 aliphatic heterocycles. The first-order valence-electron chi connectivity index (χ1n) is 10.4. The van der Waals surface area contributed by atoms with Crippen LogP contribution in [-0.4, -0.2) is 18.9 Å². The molecular formula is C27H23BrO5. The fourth-order valence-electron chi connectivity index (χ4n) is 3.46. The third-order valence-corrected chi connectivity index (χ3v) is 5.81. The fraction of sp³-hybridized carbons (Fsp3) is 0.185. The average Bonchev–Trinajstić information content (AvgIpc) is 3.08. The third kappa shape index (κ3) is 4.86. The molecule has 1 aliphatic rings. The molecule has 5 nitrogen and oxygen atoms in total. The first-order valence-corrected chi connectivity index (χ1v) is 11.2. The highest BCUT2D eigenvalue weighted by atomic mass is 79.9. The molecule has 4 rings (SSSR count). The largest absolute Gasteiger partial charge is 0.496 e. The number of carbonyl (C=O) groups excluding carboxylic acids is 2. The summed E-state index contributed by atoms with van der Waals surface area (Å²) in [5.74, 6) is 0.700. The van der Waals surface area contributed by atoms with E-state index in [1.165, 1.54) is 0 Å². The zero-order chi connectivity index (χ0) is 23.8. The molecule has 0 amide bonds. The van der Waals surface area contributed by atoms with Crippen molar-refractivity contribution in [2.45, 2.75) is 26.2 Å². The summed E-state index contributed by atoms with van der Waals surface area (Å²) in [5, 5.41) is 0. The van der Waals surface area contributed by atoms with Gasteiger partial charge in [-0.25, -0.2) is 4.79 Å². The molecule has 0 N–H and O–H groups in total. The Balaban J connectivity index is 1.54. The second kappa shape index (κ2) is 8.87. The summed E-state index contributed by atoms with van der Waals surface area (Å²) in [7, 11) is 1.56. The van der Waals surface area contributed by atoms with E-state index in [2.05, 4.69) is 36.7 Å². The van der Waals surface area contributed by atoms with Crippen molar-refractivity contribution < 1.29 is 23.8 Å². The fourth-order valence-corrected chi connectivity index (χ4v) is 3.84. The summed E-state index contributed by atoms with van der Waals surface area (Å²) >= 11 is 3.42. The molecule has 6 heteroatoms. The molecule has 33 heavy (non-hydrogen) atoms. The Labute approximate surface area is 201 Å². The summed E-state index contributed by atoms with van der Waals surface area (Å²) in [5.41, 5.74) is 2.68. The molecule has 1 heterocycles. The molecule has 168 valence electrons. The lowest BCUT2D eigenvalue weighted by molar-refractivity contribution is 0.0734. The lowest BCUT2D eigenvalue weighted by Crippen LogP contribution is -2.12. The smallest absolute Gasteiger partial charge is 0.343 e. The first kappa shape index (κ1) is 22.8. The number of hydrogen-bond acceptors (Lipinski definition) is 5. The number of methoxy groups -OCH3 is 1. The van der Waals surface area contributed by atoms with Crippen LogP contribution in [0.1, 0.15) is 52.6 Å². The molecule has 0 saturated carbocycles. The highest BCUT2D eigenvalue weighted by molar-refractivity contribution is 9.10. The highest BCUT2D eigenvalue weighted by Crippen LogP contribution is 2.36. The van der Waals surface area contributed by atoms with E-state index in [1.54, 1.807) is 49.6 Å². The second-order valence-electron chi connectivity index (χ2n) is 8.70. The van der Waals surface area contributed by atoms with Crippen molar-refractivity contribution in [1.82, 2.24) is 0 Å². The lowest BCUT2D eigenvalue weighted by Gasteiger charge is -2.18. The Morgan fingerprint density at radius 1 is 1.00 bits per heavy atom. The van der Waals surface area contributed by atoms with Gasteiger partial charge in [-0.3, -0.25) is 4.79 Å². The van der Waals surface area contributed by atoms with Crippen LogP contribution in [-0.2, 0) is 5.41 Å². The zero-order valence-corrected chi connectivity index (χ0v) is 20.4. The van der Waals surface area contributed by atoms with Crippen molar-refractivity contribution in [1.29, 1.82) is 0 Å². The molecule has 3 aromatic carbocycles. The minimum atomic E-state index is -0.477. The molecule has 0 bridgehead atoms. The summed E-state index contributed by atoms with van der Waals surface area (Å²) in [6, 6.07) is 17.6. The number of ether oxygens (including phenoxy) is 3. The molecule has 3 aromatic rings. The number of hydrogen-bond donors (Lipinski definition) is 0. The van der Waals surface area contributed by atoms with E-state index >= 15 is 0 Å². The van der Waals surface area contributed by atoms with E-state index in [9.17, 15) is 9.59 Å². The van der Waals surface area contributed by atoms with Crippen LogP contribution in [0.15, 0.2) is 70.9 Å². The van der Waals surface area contributed by atoms with Crippen LogP contribution >= 0.6 is 15.9 Å². The maximum atomic E-state index is 12.8. The molecule has 0 aliphatic carbocycles. The van der Waals surface area contributed by atoms with Gasteiger partial charge in [-0.2, -0.15) is 0 Å². The van der Waals surface area contributed by atoms with Gasteiger partial charge in [0.15, 0.2) is 5.76 Å². The average molecular weight is 507 g/mol. The maximum Gasteiger partial charge on any atom is 0.343 e. The van der Waals surface area contributed by atoms with E-state index in [-0.39, 0.29) is 17.0 Å². The third-order valence-electron chi connectivity index (χ3n) is 5.32. The van der Waals surface area contributed by atoms with E-state index in [0.29, 0.717) is 33.9 Å². The summed E-state index contributed by atoms with van der Waals surface area (Å²) in [6.45, 7) is 6.34. The number of ketones is 1. The molecule has 0 saturated heterocycles. The molecule has 0 spiro atoms. The van der Waals surface area contributed by atoms with Gasteiger partial charge < -0.3 is 14.2 Å². The summed E-state index contributed by atoms with van der Waals surface area (Å²) in [4.78, 5) is 25.4. The van der Waals surface area contributed by atoms with Crippen LogP contribution in [0.3, 0.4) is 0 Å². The topological polar surface area (TPSA) is 61.8 Å². The predicted molar refractivity (Wildman–Crippen MR) is 130 cm³/mol. The Kier molecular flexibility index (Phi) is 6.13. The maximum absolute atomic E-state index is 12.8. The molecular weight excluding hydrogens is 484 g/mol. The number of carbonyl (C=O) groups is 2. The van der Waals surface area contributed by atoms with Crippen molar-refractivity contribution in [3.63, 3.8) is 0 Å². The molecule has 0 radical (unpaired) electrons. The minimum Gasteiger partial charge on any atom is -0.496 e. The Hall–Kier alpha value is -3.38. The molecule has 0 unspecified atom stereocenters. The van der Waals surface area contributed by atoms with Crippen LogP contribution in [0.5, 0.6) is 17.2 Å².